The lowest BCUT2D eigenvalue weighted by molar-refractivity contribution is -0.121. The van der Waals surface area contributed by atoms with Crippen LogP contribution in [0.1, 0.15) is 31.1 Å². The molecule has 1 aromatic carbocycles. The number of hydrogen-bond acceptors (Lipinski definition) is 2. The van der Waals surface area contributed by atoms with E-state index < -0.39 is 6.04 Å². The zero-order valence-corrected chi connectivity index (χ0v) is 11.6. The summed E-state index contributed by atoms with van der Waals surface area (Å²) in [6.45, 7) is 5.74. The van der Waals surface area contributed by atoms with Gasteiger partial charge in [0.2, 0.25) is 5.91 Å². The molecule has 1 atom stereocenters. The Labute approximate surface area is 108 Å². The molecule has 4 heteroatoms. The van der Waals surface area contributed by atoms with Gasteiger partial charge in [-0.15, -0.1) is 0 Å². The Morgan fingerprint density at radius 3 is 2.22 bits per heavy atom. The minimum absolute atomic E-state index is 0.0687. The number of amides is 2. The molecular weight excluding hydrogens is 228 g/mol. The van der Waals surface area contributed by atoms with Gasteiger partial charge in [0.15, 0.2) is 0 Å². The van der Waals surface area contributed by atoms with Gasteiger partial charge in [0, 0.05) is 14.1 Å². The van der Waals surface area contributed by atoms with Crippen LogP contribution in [0.4, 0.5) is 5.69 Å². The molecule has 18 heavy (non-hydrogen) atoms. The fourth-order valence-corrected chi connectivity index (χ4v) is 1.88. The van der Waals surface area contributed by atoms with Crippen LogP contribution in [0.15, 0.2) is 24.3 Å². The van der Waals surface area contributed by atoms with Gasteiger partial charge in [-0.2, -0.15) is 0 Å². The van der Waals surface area contributed by atoms with Crippen LogP contribution >= 0.6 is 0 Å². The largest absolute Gasteiger partial charge is 0.330 e. The van der Waals surface area contributed by atoms with Crippen LogP contribution < -0.4 is 4.90 Å². The van der Waals surface area contributed by atoms with Crippen LogP contribution in [0.5, 0.6) is 0 Å². The molecular formula is C14H20N2O2. The lowest BCUT2D eigenvalue weighted by Crippen LogP contribution is -2.43. The summed E-state index contributed by atoms with van der Waals surface area (Å²) in [5.41, 5.74) is 1.25. The van der Waals surface area contributed by atoms with Gasteiger partial charge >= 0.3 is 0 Å². The molecule has 4 nitrogen and oxygen atoms in total. The maximum absolute atomic E-state index is 12.1. The van der Waals surface area contributed by atoms with E-state index in [4.69, 9.17) is 0 Å². The molecule has 1 aliphatic rings. The second-order valence-corrected chi connectivity index (χ2v) is 4.01. The highest BCUT2D eigenvalue weighted by molar-refractivity contribution is 6.10. The third-order valence-electron chi connectivity index (χ3n) is 3.09. The highest BCUT2D eigenvalue weighted by Crippen LogP contribution is 2.25. The fourth-order valence-electron chi connectivity index (χ4n) is 1.88. The van der Waals surface area contributed by atoms with E-state index >= 15 is 0 Å². The number of nitrogens with zero attached hydrogens (tertiary/aromatic N) is 2. The van der Waals surface area contributed by atoms with E-state index in [-0.39, 0.29) is 11.8 Å². The van der Waals surface area contributed by atoms with Crippen molar-refractivity contribution in [1.82, 2.24) is 4.90 Å². The van der Waals surface area contributed by atoms with Gasteiger partial charge in [-0.05, 0) is 19.1 Å². The summed E-state index contributed by atoms with van der Waals surface area (Å²) in [5, 5.41) is 0. The molecule has 1 heterocycles. The van der Waals surface area contributed by atoms with Crippen molar-refractivity contribution < 1.29 is 9.59 Å². The average molecular weight is 248 g/mol. The minimum atomic E-state index is -0.426. The van der Waals surface area contributed by atoms with Crippen molar-refractivity contribution in [1.29, 1.82) is 0 Å². The Kier molecular flexibility index (Phi) is 4.48. The first-order valence-corrected chi connectivity index (χ1v) is 6.18. The second kappa shape index (κ2) is 5.67. The number of benzene rings is 1. The molecule has 0 aliphatic carbocycles. The van der Waals surface area contributed by atoms with E-state index in [9.17, 15) is 9.59 Å². The molecule has 2 rings (SSSR count). The first-order chi connectivity index (χ1) is 8.54. The van der Waals surface area contributed by atoms with Gasteiger partial charge in [0.1, 0.15) is 6.04 Å². The van der Waals surface area contributed by atoms with Crippen LogP contribution in [0.25, 0.3) is 0 Å². The van der Waals surface area contributed by atoms with Crippen molar-refractivity contribution in [2.75, 3.05) is 19.0 Å². The Balaban J connectivity index is 0.000000771. The van der Waals surface area contributed by atoms with E-state index in [1.165, 1.54) is 4.90 Å². The van der Waals surface area contributed by atoms with Gasteiger partial charge in [0.05, 0.1) is 11.3 Å². The zero-order chi connectivity index (χ0) is 13.9. The van der Waals surface area contributed by atoms with Gasteiger partial charge in [-0.3, -0.25) is 9.59 Å². The summed E-state index contributed by atoms with van der Waals surface area (Å²) in [6, 6.07) is 6.74. The molecule has 1 unspecified atom stereocenters. The topological polar surface area (TPSA) is 40.6 Å². The number of anilines is 1. The van der Waals surface area contributed by atoms with Crippen molar-refractivity contribution in [3.63, 3.8) is 0 Å². The Morgan fingerprint density at radius 2 is 1.61 bits per heavy atom. The van der Waals surface area contributed by atoms with Gasteiger partial charge in [0.25, 0.3) is 5.91 Å². The molecule has 1 aromatic rings. The number of rotatable bonds is 0. The fraction of sp³-hybridized carbons (Fsp3) is 0.429. The predicted octanol–water partition coefficient (Wildman–Crippen LogP) is 2.15. The van der Waals surface area contributed by atoms with Crippen molar-refractivity contribution >= 4 is 17.5 Å². The summed E-state index contributed by atoms with van der Waals surface area (Å²) in [6.07, 6.45) is 0. The first kappa shape index (κ1) is 14.2. The Morgan fingerprint density at radius 1 is 1.06 bits per heavy atom. The summed E-state index contributed by atoms with van der Waals surface area (Å²) in [7, 11) is 3.35. The molecule has 0 saturated heterocycles. The maximum Gasteiger partial charge on any atom is 0.256 e. The lowest BCUT2D eigenvalue weighted by atomic mass is 10.1. The molecule has 0 bridgehead atoms. The van der Waals surface area contributed by atoms with Crippen molar-refractivity contribution in [3.05, 3.63) is 29.8 Å². The molecule has 0 fully saturated rings. The minimum Gasteiger partial charge on any atom is -0.330 e. The van der Waals surface area contributed by atoms with Crippen LogP contribution in [0.3, 0.4) is 0 Å². The van der Waals surface area contributed by atoms with E-state index in [0.29, 0.717) is 11.3 Å². The standard InChI is InChI=1S/C12H14N2O2.C2H6/c1-8-11(15)14(3)10-7-5-4-6-9(10)12(16)13(8)2;1-2/h4-8H,1-3H3;1-2H3. The summed E-state index contributed by atoms with van der Waals surface area (Å²) in [5.74, 6) is -0.179. The molecule has 1 aliphatic heterocycles. The molecule has 0 spiro atoms. The number of likely N-dealkylation sites (N-methyl/N-ethyl adjacent to an activating group) is 2. The SMILES string of the molecule is CC.CC1C(=O)N(C)c2ccccc2C(=O)N1C. The smallest absolute Gasteiger partial charge is 0.256 e. The Bertz CT molecular complexity index is 457. The molecule has 2 amide bonds. The third-order valence-corrected chi connectivity index (χ3v) is 3.09. The lowest BCUT2D eigenvalue weighted by Gasteiger charge is -2.22. The van der Waals surface area contributed by atoms with E-state index in [0.717, 1.165) is 0 Å². The van der Waals surface area contributed by atoms with E-state index in [1.807, 2.05) is 19.9 Å². The van der Waals surface area contributed by atoms with Crippen LogP contribution in [-0.4, -0.2) is 36.9 Å². The number of carbonyl (C=O) groups is 2. The number of fused-ring (bicyclic) bond motifs is 1. The summed E-state index contributed by atoms with van der Waals surface area (Å²) < 4.78 is 0. The van der Waals surface area contributed by atoms with E-state index in [1.54, 1.807) is 44.1 Å². The first-order valence-electron chi connectivity index (χ1n) is 6.18. The quantitative estimate of drug-likeness (QED) is 0.706. The van der Waals surface area contributed by atoms with Crippen LogP contribution in [0, 0.1) is 0 Å². The monoisotopic (exact) mass is 248 g/mol. The molecule has 0 aromatic heterocycles. The number of para-hydroxylation sites is 1. The highest BCUT2D eigenvalue weighted by Gasteiger charge is 2.32. The predicted molar refractivity (Wildman–Crippen MR) is 72.8 cm³/mol. The Hall–Kier alpha value is -1.84. The summed E-state index contributed by atoms with van der Waals surface area (Å²) in [4.78, 5) is 27.1. The molecule has 0 saturated carbocycles. The van der Waals surface area contributed by atoms with Crippen molar-refractivity contribution in [2.24, 2.45) is 0 Å². The number of carbonyl (C=O) groups excluding carboxylic acids is 2. The summed E-state index contributed by atoms with van der Waals surface area (Å²) >= 11 is 0. The van der Waals surface area contributed by atoms with Gasteiger partial charge in [-0.1, -0.05) is 26.0 Å². The maximum atomic E-state index is 12.1. The number of hydrogen-bond donors (Lipinski definition) is 0. The zero-order valence-electron chi connectivity index (χ0n) is 11.6. The van der Waals surface area contributed by atoms with Crippen molar-refractivity contribution in [3.8, 4) is 0 Å². The third kappa shape index (κ3) is 2.23. The van der Waals surface area contributed by atoms with Crippen LogP contribution in [-0.2, 0) is 4.79 Å². The molecule has 98 valence electrons. The van der Waals surface area contributed by atoms with Crippen molar-refractivity contribution in [2.45, 2.75) is 26.8 Å². The van der Waals surface area contributed by atoms with Gasteiger partial charge < -0.3 is 9.80 Å². The molecule has 0 radical (unpaired) electrons. The van der Waals surface area contributed by atoms with Crippen LogP contribution in [0.2, 0.25) is 0 Å². The average Bonchev–Trinajstić information content (AvgIpc) is 2.49. The highest BCUT2D eigenvalue weighted by atomic mass is 16.2. The normalized spacial score (nSPS) is 18.8. The second-order valence-electron chi connectivity index (χ2n) is 4.01. The van der Waals surface area contributed by atoms with E-state index in [2.05, 4.69) is 0 Å². The molecule has 0 N–H and O–H groups in total. The van der Waals surface area contributed by atoms with Gasteiger partial charge in [-0.25, -0.2) is 0 Å².